The molecule has 2 aromatic rings. The number of hydrogen-bond donors (Lipinski definition) is 2. The van der Waals surface area contributed by atoms with E-state index >= 15 is 0 Å². The van der Waals surface area contributed by atoms with Crippen molar-refractivity contribution in [1.29, 1.82) is 0 Å². The Balaban J connectivity index is 2.11. The molecule has 0 aliphatic rings. The maximum atomic E-state index is 12.5. The van der Waals surface area contributed by atoms with Crippen molar-refractivity contribution in [2.45, 2.75) is 27.2 Å². The molecule has 0 saturated heterocycles. The second-order valence-corrected chi connectivity index (χ2v) is 6.02. The highest BCUT2D eigenvalue weighted by atomic mass is 16.3. The predicted molar refractivity (Wildman–Crippen MR) is 85.4 cm³/mol. The van der Waals surface area contributed by atoms with Gasteiger partial charge in [0, 0.05) is 5.41 Å². The fourth-order valence-electron chi connectivity index (χ4n) is 2.23. The highest BCUT2D eigenvalue weighted by Crippen LogP contribution is 2.28. The van der Waals surface area contributed by atoms with Gasteiger partial charge in [-0.1, -0.05) is 50.2 Å². The number of phenols is 1. The summed E-state index contributed by atoms with van der Waals surface area (Å²) in [6.07, 6.45) is 0.645. The van der Waals surface area contributed by atoms with E-state index in [9.17, 15) is 9.90 Å². The molecule has 2 N–H and O–H groups in total. The minimum absolute atomic E-state index is 0.0962. The molecule has 0 atom stereocenters. The molecular weight excluding hydrogens is 262 g/mol. The summed E-state index contributed by atoms with van der Waals surface area (Å²) in [5.74, 6) is -0.00985. The molecule has 0 bridgehead atoms. The predicted octanol–water partition coefficient (Wildman–Crippen LogP) is 3.91. The second kappa shape index (κ2) is 6.00. The van der Waals surface area contributed by atoms with E-state index in [2.05, 4.69) is 5.32 Å². The van der Waals surface area contributed by atoms with Gasteiger partial charge in [-0.2, -0.15) is 0 Å². The molecule has 0 fully saturated rings. The number of aryl methyl sites for hydroxylation is 1. The number of rotatable bonds is 4. The Morgan fingerprint density at radius 2 is 1.81 bits per heavy atom. The molecule has 0 aliphatic carbocycles. The van der Waals surface area contributed by atoms with Gasteiger partial charge in [-0.15, -0.1) is 0 Å². The van der Waals surface area contributed by atoms with Gasteiger partial charge in [0.2, 0.25) is 5.91 Å². The topological polar surface area (TPSA) is 49.3 Å². The number of carbonyl (C=O) groups is 1. The molecular formula is C18H21NO2. The minimum atomic E-state index is -0.557. The van der Waals surface area contributed by atoms with Gasteiger partial charge in [-0.05, 0) is 36.6 Å². The summed E-state index contributed by atoms with van der Waals surface area (Å²) in [7, 11) is 0. The first kappa shape index (κ1) is 15.1. The molecule has 0 spiro atoms. The largest absolute Gasteiger partial charge is 0.506 e. The van der Waals surface area contributed by atoms with Crippen LogP contribution >= 0.6 is 0 Å². The van der Waals surface area contributed by atoms with Crippen molar-refractivity contribution in [3.63, 3.8) is 0 Å². The first-order valence-electron chi connectivity index (χ1n) is 7.03. The molecule has 0 unspecified atom stereocenters. The number of aromatic hydroxyl groups is 1. The molecule has 21 heavy (non-hydrogen) atoms. The SMILES string of the molecule is Cc1ccc(NC(=O)C(C)(C)Cc2ccccc2)c(O)c1. The van der Waals surface area contributed by atoms with Gasteiger partial charge >= 0.3 is 0 Å². The summed E-state index contributed by atoms with van der Waals surface area (Å²) in [6.45, 7) is 5.70. The summed E-state index contributed by atoms with van der Waals surface area (Å²) in [6, 6.07) is 15.1. The van der Waals surface area contributed by atoms with E-state index in [0.717, 1.165) is 11.1 Å². The van der Waals surface area contributed by atoms with Gasteiger partial charge in [0.1, 0.15) is 5.75 Å². The molecule has 3 nitrogen and oxygen atoms in total. The van der Waals surface area contributed by atoms with Crippen LogP contribution in [-0.2, 0) is 11.2 Å². The van der Waals surface area contributed by atoms with E-state index in [-0.39, 0.29) is 11.7 Å². The molecule has 2 aromatic carbocycles. The van der Waals surface area contributed by atoms with E-state index < -0.39 is 5.41 Å². The first-order chi connectivity index (χ1) is 9.88. The van der Waals surface area contributed by atoms with Crippen LogP contribution in [0.25, 0.3) is 0 Å². The van der Waals surface area contributed by atoms with Gasteiger partial charge < -0.3 is 10.4 Å². The molecule has 1 amide bonds. The molecule has 2 rings (SSSR count). The van der Waals surface area contributed by atoms with Crippen molar-refractivity contribution in [3.8, 4) is 5.75 Å². The van der Waals surface area contributed by atoms with E-state index in [1.807, 2.05) is 57.2 Å². The maximum Gasteiger partial charge on any atom is 0.230 e. The number of nitrogens with one attached hydrogen (secondary N) is 1. The van der Waals surface area contributed by atoms with E-state index in [1.165, 1.54) is 0 Å². The summed E-state index contributed by atoms with van der Waals surface area (Å²) < 4.78 is 0. The van der Waals surface area contributed by atoms with Crippen LogP contribution in [0.15, 0.2) is 48.5 Å². The summed E-state index contributed by atoms with van der Waals surface area (Å²) in [5, 5.41) is 12.7. The Labute approximate surface area is 125 Å². The number of phenolic OH excluding ortho intramolecular Hbond substituents is 1. The zero-order valence-corrected chi connectivity index (χ0v) is 12.7. The van der Waals surface area contributed by atoms with Gasteiger partial charge in [-0.3, -0.25) is 4.79 Å². The van der Waals surface area contributed by atoms with Crippen LogP contribution in [0.3, 0.4) is 0 Å². The van der Waals surface area contributed by atoms with E-state index in [4.69, 9.17) is 0 Å². The standard InChI is InChI=1S/C18H21NO2/c1-13-9-10-15(16(20)11-13)19-17(21)18(2,3)12-14-7-5-4-6-8-14/h4-11,20H,12H2,1-3H3,(H,19,21). The highest BCUT2D eigenvalue weighted by Gasteiger charge is 2.28. The van der Waals surface area contributed by atoms with Crippen LogP contribution < -0.4 is 5.32 Å². The monoisotopic (exact) mass is 283 g/mol. The zero-order chi connectivity index (χ0) is 15.5. The number of hydrogen-bond acceptors (Lipinski definition) is 2. The smallest absolute Gasteiger partial charge is 0.230 e. The fraction of sp³-hybridized carbons (Fsp3) is 0.278. The van der Waals surface area contributed by atoms with Crippen molar-refractivity contribution < 1.29 is 9.90 Å². The Bertz CT molecular complexity index is 633. The average Bonchev–Trinajstić information content (AvgIpc) is 2.42. The van der Waals surface area contributed by atoms with Crippen molar-refractivity contribution in [2.75, 3.05) is 5.32 Å². The van der Waals surface area contributed by atoms with Crippen molar-refractivity contribution in [2.24, 2.45) is 5.41 Å². The number of benzene rings is 2. The van der Waals surface area contributed by atoms with Crippen molar-refractivity contribution in [3.05, 3.63) is 59.7 Å². The summed E-state index contributed by atoms with van der Waals surface area (Å²) in [4.78, 5) is 12.5. The lowest BCUT2D eigenvalue weighted by Crippen LogP contribution is -2.32. The fourth-order valence-corrected chi connectivity index (χ4v) is 2.23. The number of amides is 1. The van der Waals surface area contributed by atoms with Gasteiger partial charge in [-0.25, -0.2) is 0 Å². The zero-order valence-electron chi connectivity index (χ0n) is 12.7. The van der Waals surface area contributed by atoms with Crippen LogP contribution in [0.2, 0.25) is 0 Å². The van der Waals surface area contributed by atoms with Crippen LogP contribution in [-0.4, -0.2) is 11.0 Å². The van der Waals surface area contributed by atoms with Gasteiger partial charge in [0.05, 0.1) is 5.69 Å². The third kappa shape index (κ3) is 3.85. The molecule has 0 radical (unpaired) electrons. The molecule has 0 saturated carbocycles. The quantitative estimate of drug-likeness (QED) is 0.836. The second-order valence-electron chi connectivity index (χ2n) is 6.02. The maximum absolute atomic E-state index is 12.5. The normalized spacial score (nSPS) is 11.2. The highest BCUT2D eigenvalue weighted by molar-refractivity contribution is 5.96. The van der Waals surface area contributed by atoms with Crippen LogP contribution in [0.4, 0.5) is 5.69 Å². The molecule has 0 aromatic heterocycles. The molecule has 110 valence electrons. The van der Waals surface area contributed by atoms with E-state index in [1.54, 1.807) is 12.1 Å². The number of anilines is 1. The summed E-state index contributed by atoms with van der Waals surface area (Å²) in [5.41, 5.74) is 1.96. The van der Waals surface area contributed by atoms with Gasteiger partial charge in [0.25, 0.3) is 0 Å². The van der Waals surface area contributed by atoms with Crippen molar-refractivity contribution >= 4 is 11.6 Å². The third-order valence-electron chi connectivity index (χ3n) is 3.51. The summed E-state index contributed by atoms with van der Waals surface area (Å²) >= 11 is 0. The number of carbonyl (C=O) groups excluding carboxylic acids is 1. The lowest BCUT2D eigenvalue weighted by atomic mass is 9.84. The third-order valence-corrected chi connectivity index (χ3v) is 3.51. The minimum Gasteiger partial charge on any atom is -0.506 e. The first-order valence-corrected chi connectivity index (χ1v) is 7.03. The van der Waals surface area contributed by atoms with Crippen molar-refractivity contribution in [1.82, 2.24) is 0 Å². The van der Waals surface area contributed by atoms with E-state index in [0.29, 0.717) is 12.1 Å². The van der Waals surface area contributed by atoms with Crippen LogP contribution in [0.5, 0.6) is 5.75 Å². The molecule has 0 aliphatic heterocycles. The lowest BCUT2D eigenvalue weighted by molar-refractivity contribution is -0.123. The Hall–Kier alpha value is -2.29. The van der Waals surface area contributed by atoms with Crippen LogP contribution in [0, 0.1) is 12.3 Å². The van der Waals surface area contributed by atoms with Crippen LogP contribution in [0.1, 0.15) is 25.0 Å². The molecule has 3 heteroatoms. The average molecular weight is 283 g/mol. The Kier molecular flexibility index (Phi) is 4.32. The molecule has 0 heterocycles. The Morgan fingerprint density at radius 1 is 1.14 bits per heavy atom. The Morgan fingerprint density at radius 3 is 2.43 bits per heavy atom. The van der Waals surface area contributed by atoms with Gasteiger partial charge in [0.15, 0.2) is 0 Å². The lowest BCUT2D eigenvalue weighted by Gasteiger charge is -2.24.